The average molecular weight is 252 g/mol. The summed E-state index contributed by atoms with van der Waals surface area (Å²) in [5, 5.41) is 4.25. The summed E-state index contributed by atoms with van der Waals surface area (Å²) in [5.41, 5.74) is 2.86. The Labute approximate surface area is 105 Å². The summed E-state index contributed by atoms with van der Waals surface area (Å²) < 4.78 is 7.43. The van der Waals surface area contributed by atoms with Gasteiger partial charge in [0, 0.05) is 7.05 Å². The molecule has 90 valence electrons. The number of aryl methyl sites for hydroxylation is 2. The number of rotatable bonds is 4. The lowest BCUT2D eigenvalue weighted by Crippen LogP contribution is -2.03. The van der Waals surface area contributed by atoms with Gasteiger partial charge in [-0.05, 0) is 25.1 Å². The van der Waals surface area contributed by atoms with Crippen molar-refractivity contribution >= 4 is 11.6 Å². The molecule has 0 bridgehead atoms. The van der Waals surface area contributed by atoms with Crippen LogP contribution in [0.5, 0.6) is 5.75 Å². The van der Waals surface area contributed by atoms with E-state index < -0.39 is 0 Å². The molecule has 0 atom stereocenters. The van der Waals surface area contributed by atoms with E-state index in [4.69, 9.17) is 16.3 Å². The average Bonchev–Trinajstić information content (AvgIpc) is 2.66. The number of pyridine rings is 1. The predicted molar refractivity (Wildman–Crippen MR) is 66.1 cm³/mol. The Morgan fingerprint density at radius 2 is 2.24 bits per heavy atom. The second kappa shape index (κ2) is 5.19. The number of halogens is 1. The number of nitrogens with zero attached hydrogens (tertiary/aromatic N) is 3. The molecule has 0 aliphatic heterocycles. The first kappa shape index (κ1) is 11.9. The predicted octanol–water partition coefficient (Wildman–Crippen LogP) is 2.44. The lowest BCUT2D eigenvalue weighted by Gasteiger charge is -2.06. The minimum absolute atomic E-state index is 0.418. The van der Waals surface area contributed by atoms with E-state index >= 15 is 0 Å². The number of aromatic nitrogens is 3. The van der Waals surface area contributed by atoms with Gasteiger partial charge in [0.2, 0.25) is 0 Å². The third-order valence-corrected chi connectivity index (χ3v) is 2.69. The SMILES string of the molecule is Cc1cc(COc2ccc(CCl)nc2)n(C)n1. The van der Waals surface area contributed by atoms with E-state index in [9.17, 15) is 0 Å². The number of hydrogen-bond acceptors (Lipinski definition) is 3. The van der Waals surface area contributed by atoms with Crippen LogP contribution in [0.4, 0.5) is 0 Å². The van der Waals surface area contributed by atoms with Crippen molar-refractivity contribution in [2.24, 2.45) is 7.05 Å². The normalized spacial score (nSPS) is 10.5. The molecule has 2 aromatic rings. The van der Waals surface area contributed by atoms with E-state index in [1.165, 1.54) is 0 Å². The minimum atomic E-state index is 0.418. The fraction of sp³-hybridized carbons (Fsp3) is 0.333. The van der Waals surface area contributed by atoms with Crippen LogP contribution in [0.2, 0.25) is 0 Å². The Kier molecular flexibility index (Phi) is 3.64. The standard InChI is InChI=1S/C12H14ClN3O/c1-9-5-11(16(2)15-9)8-17-12-4-3-10(6-13)14-7-12/h3-5,7H,6,8H2,1-2H3. The van der Waals surface area contributed by atoms with Crippen LogP contribution < -0.4 is 4.74 Å². The van der Waals surface area contributed by atoms with Crippen LogP contribution in [0, 0.1) is 6.92 Å². The van der Waals surface area contributed by atoms with Crippen LogP contribution in [0.15, 0.2) is 24.4 Å². The molecule has 4 nitrogen and oxygen atoms in total. The van der Waals surface area contributed by atoms with Gasteiger partial charge in [0.05, 0.1) is 29.2 Å². The fourth-order valence-electron chi connectivity index (χ4n) is 1.53. The minimum Gasteiger partial charge on any atom is -0.486 e. The summed E-state index contributed by atoms with van der Waals surface area (Å²) in [6, 6.07) is 5.73. The molecule has 0 aliphatic carbocycles. The molecule has 0 aliphatic rings. The molecule has 0 saturated heterocycles. The zero-order chi connectivity index (χ0) is 12.3. The van der Waals surface area contributed by atoms with Gasteiger partial charge in [-0.25, -0.2) is 0 Å². The Morgan fingerprint density at radius 1 is 1.41 bits per heavy atom. The van der Waals surface area contributed by atoms with E-state index in [1.54, 1.807) is 6.20 Å². The van der Waals surface area contributed by atoms with Gasteiger partial charge in [0.1, 0.15) is 12.4 Å². The van der Waals surface area contributed by atoms with Gasteiger partial charge >= 0.3 is 0 Å². The zero-order valence-corrected chi connectivity index (χ0v) is 10.6. The Bertz CT molecular complexity index is 493. The second-order valence-corrected chi connectivity index (χ2v) is 4.08. The molecule has 0 N–H and O–H groups in total. The maximum Gasteiger partial charge on any atom is 0.138 e. The van der Waals surface area contributed by atoms with Crippen LogP contribution in [0.1, 0.15) is 17.1 Å². The molecule has 2 heterocycles. The van der Waals surface area contributed by atoms with Crippen molar-refractivity contribution in [2.75, 3.05) is 0 Å². The van der Waals surface area contributed by atoms with Crippen LogP contribution in [0.3, 0.4) is 0 Å². The van der Waals surface area contributed by atoms with E-state index in [1.807, 2.05) is 36.9 Å². The van der Waals surface area contributed by atoms with Gasteiger partial charge < -0.3 is 4.74 Å². The van der Waals surface area contributed by atoms with Crippen LogP contribution in [-0.4, -0.2) is 14.8 Å². The van der Waals surface area contributed by atoms with Crippen molar-refractivity contribution in [3.8, 4) is 5.75 Å². The van der Waals surface area contributed by atoms with Gasteiger partial charge in [-0.2, -0.15) is 5.10 Å². The van der Waals surface area contributed by atoms with Crippen molar-refractivity contribution in [1.29, 1.82) is 0 Å². The number of ether oxygens (including phenoxy) is 1. The van der Waals surface area contributed by atoms with Crippen molar-refractivity contribution < 1.29 is 4.74 Å². The number of hydrogen-bond donors (Lipinski definition) is 0. The molecule has 0 radical (unpaired) electrons. The molecule has 17 heavy (non-hydrogen) atoms. The maximum atomic E-state index is 5.66. The zero-order valence-electron chi connectivity index (χ0n) is 9.85. The summed E-state index contributed by atoms with van der Waals surface area (Å²) in [6.07, 6.45) is 1.68. The van der Waals surface area contributed by atoms with Gasteiger partial charge in [0.15, 0.2) is 0 Å². The monoisotopic (exact) mass is 251 g/mol. The first-order chi connectivity index (χ1) is 8.19. The quantitative estimate of drug-likeness (QED) is 0.784. The lowest BCUT2D eigenvalue weighted by atomic mass is 10.3. The largest absolute Gasteiger partial charge is 0.486 e. The molecule has 0 spiro atoms. The van der Waals surface area contributed by atoms with Crippen molar-refractivity contribution in [3.63, 3.8) is 0 Å². The van der Waals surface area contributed by atoms with Gasteiger partial charge in [-0.15, -0.1) is 11.6 Å². The summed E-state index contributed by atoms with van der Waals surface area (Å²) in [4.78, 5) is 4.16. The van der Waals surface area contributed by atoms with Crippen LogP contribution in [0.25, 0.3) is 0 Å². The highest BCUT2D eigenvalue weighted by atomic mass is 35.5. The molecule has 0 fully saturated rings. The highest BCUT2D eigenvalue weighted by Crippen LogP contribution is 2.13. The Balaban J connectivity index is 1.99. The molecular formula is C12H14ClN3O. The van der Waals surface area contributed by atoms with E-state index in [0.29, 0.717) is 12.5 Å². The summed E-state index contributed by atoms with van der Waals surface area (Å²) in [6.45, 7) is 2.44. The van der Waals surface area contributed by atoms with Crippen molar-refractivity contribution in [3.05, 3.63) is 41.5 Å². The molecular weight excluding hydrogens is 238 g/mol. The third kappa shape index (κ3) is 2.97. The molecule has 0 aromatic carbocycles. The molecule has 0 amide bonds. The highest BCUT2D eigenvalue weighted by Gasteiger charge is 2.03. The Hall–Kier alpha value is -1.55. The number of alkyl halides is 1. The molecule has 2 aromatic heterocycles. The molecule has 0 unspecified atom stereocenters. The first-order valence-electron chi connectivity index (χ1n) is 5.32. The van der Waals surface area contributed by atoms with Gasteiger partial charge in [0.25, 0.3) is 0 Å². The molecule has 0 saturated carbocycles. The summed E-state index contributed by atoms with van der Waals surface area (Å²) in [7, 11) is 1.90. The fourth-order valence-corrected chi connectivity index (χ4v) is 1.69. The van der Waals surface area contributed by atoms with Crippen molar-refractivity contribution in [1.82, 2.24) is 14.8 Å². The van der Waals surface area contributed by atoms with Gasteiger partial charge in [-0.1, -0.05) is 0 Å². The highest BCUT2D eigenvalue weighted by molar-refractivity contribution is 6.16. The maximum absolute atomic E-state index is 5.66. The lowest BCUT2D eigenvalue weighted by molar-refractivity contribution is 0.293. The van der Waals surface area contributed by atoms with Crippen LogP contribution >= 0.6 is 11.6 Å². The van der Waals surface area contributed by atoms with E-state index in [0.717, 1.165) is 22.8 Å². The molecule has 2 rings (SSSR count). The topological polar surface area (TPSA) is 39.9 Å². The smallest absolute Gasteiger partial charge is 0.138 e. The first-order valence-corrected chi connectivity index (χ1v) is 5.85. The second-order valence-electron chi connectivity index (χ2n) is 3.81. The Morgan fingerprint density at radius 3 is 2.76 bits per heavy atom. The van der Waals surface area contributed by atoms with Crippen LogP contribution in [-0.2, 0) is 19.5 Å². The summed E-state index contributed by atoms with van der Waals surface area (Å²) >= 11 is 5.66. The molecule has 5 heteroatoms. The summed E-state index contributed by atoms with van der Waals surface area (Å²) in [5.74, 6) is 1.15. The van der Waals surface area contributed by atoms with E-state index in [2.05, 4.69) is 10.1 Å². The van der Waals surface area contributed by atoms with E-state index in [-0.39, 0.29) is 0 Å². The van der Waals surface area contributed by atoms with Crippen molar-refractivity contribution in [2.45, 2.75) is 19.4 Å². The van der Waals surface area contributed by atoms with Gasteiger partial charge in [-0.3, -0.25) is 9.67 Å². The third-order valence-electron chi connectivity index (χ3n) is 2.42.